The van der Waals surface area contributed by atoms with Crippen molar-refractivity contribution in [3.05, 3.63) is 52.8 Å². The van der Waals surface area contributed by atoms with E-state index >= 15 is 0 Å². The number of hydrogen-bond acceptors (Lipinski definition) is 5. The first-order chi connectivity index (χ1) is 11.8. The number of anilines is 1. The van der Waals surface area contributed by atoms with Crippen molar-refractivity contribution in [3.63, 3.8) is 0 Å². The number of hydrogen-bond donors (Lipinski definition) is 1. The fourth-order valence-corrected chi connectivity index (χ4v) is 3.01. The third-order valence-corrected chi connectivity index (χ3v) is 4.09. The van der Waals surface area contributed by atoms with Gasteiger partial charge >= 0.3 is 6.18 Å². The summed E-state index contributed by atoms with van der Waals surface area (Å²) in [5.41, 5.74) is 0.432. The molecule has 0 spiro atoms. The summed E-state index contributed by atoms with van der Waals surface area (Å²) in [4.78, 5) is 10.1. The van der Waals surface area contributed by atoms with Crippen LogP contribution in [0.25, 0.3) is 0 Å². The molecule has 1 aromatic heterocycles. The average molecular weight is 348 g/mol. The Morgan fingerprint density at radius 2 is 2.04 bits per heavy atom. The molecule has 130 valence electrons. The Morgan fingerprint density at radius 1 is 1.28 bits per heavy atom. The molecular weight excluding hydrogens is 333 g/mol. The molecule has 0 saturated carbocycles. The lowest BCUT2D eigenvalue weighted by atomic mass is 10.0. The van der Waals surface area contributed by atoms with Gasteiger partial charge in [0, 0.05) is 12.2 Å². The number of nitrogens with zero attached hydrogens (tertiary/aromatic N) is 4. The molecule has 2 atom stereocenters. The molecule has 5 nitrogen and oxygen atoms in total. The van der Waals surface area contributed by atoms with Crippen LogP contribution in [0.5, 0.6) is 0 Å². The molecule has 2 aromatic rings. The van der Waals surface area contributed by atoms with Crippen LogP contribution in [0, 0.1) is 18.3 Å². The zero-order valence-electron chi connectivity index (χ0n) is 13.3. The van der Waals surface area contributed by atoms with Crippen LogP contribution in [0.4, 0.5) is 19.1 Å². The first-order valence-corrected chi connectivity index (χ1v) is 7.65. The van der Waals surface area contributed by atoms with Crippen molar-refractivity contribution >= 4 is 5.95 Å². The van der Waals surface area contributed by atoms with E-state index in [1.807, 2.05) is 6.07 Å². The highest BCUT2D eigenvalue weighted by molar-refractivity contribution is 5.43. The van der Waals surface area contributed by atoms with Gasteiger partial charge in [0.05, 0.1) is 17.7 Å². The summed E-state index contributed by atoms with van der Waals surface area (Å²) in [6, 6.07) is 7.99. The summed E-state index contributed by atoms with van der Waals surface area (Å²) in [5, 5.41) is 19.1. The lowest BCUT2D eigenvalue weighted by molar-refractivity contribution is -0.137. The van der Waals surface area contributed by atoms with E-state index in [0.717, 1.165) is 12.1 Å². The monoisotopic (exact) mass is 348 g/mol. The van der Waals surface area contributed by atoms with Crippen LogP contribution in [-0.2, 0) is 6.18 Å². The van der Waals surface area contributed by atoms with E-state index in [1.165, 1.54) is 12.1 Å². The molecule has 0 aliphatic carbocycles. The number of aryl methyl sites for hydroxylation is 1. The normalized spacial score (nSPS) is 20.6. The zero-order chi connectivity index (χ0) is 18.2. The first-order valence-electron chi connectivity index (χ1n) is 7.65. The molecule has 0 radical (unpaired) electrons. The second-order valence-electron chi connectivity index (χ2n) is 5.99. The van der Waals surface area contributed by atoms with Gasteiger partial charge in [-0.05, 0) is 37.1 Å². The maximum Gasteiger partial charge on any atom is 0.416 e. The SMILES string of the molecule is Cc1cc(C#N)nc(N2C[C@@H](O)C[C@@H]2c2cccc(C(F)(F)F)c2)n1. The Balaban J connectivity index is 2.01. The highest BCUT2D eigenvalue weighted by atomic mass is 19.4. The number of aliphatic hydroxyl groups is 1. The van der Waals surface area contributed by atoms with Gasteiger partial charge < -0.3 is 10.0 Å². The van der Waals surface area contributed by atoms with Crippen LogP contribution < -0.4 is 4.90 Å². The number of aliphatic hydroxyl groups excluding tert-OH is 1. The van der Waals surface area contributed by atoms with Crippen molar-refractivity contribution in [2.75, 3.05) is 11.4 Å². The van der Waals surface area contributed by atoms with Gasteiger partial charge in [0.25, 0.3) is 0 Å². The number of rotatable bonds is 2. The highest BCUT2D eigenvalue weighted by Crippen LogP contribution is 2.37. The molecule has 0 unspecified atom stereocenters. The molecule has 8 heteroatoms. The Kier molecular flexibility index (Phi) is 4.35. The maximum absolute atomic E-state index is 13.0. The topological polar surface area (TPSA) is 73.0 Å². The summed E-state index contributed by atoms with van der Waals surface area (Å²) >= 11 is 0. The van der Waals surface area contributed by atoms with Gasteiger partial charge in [-0.2, -0.15) is 18.4 Å². The van der Waals surface area contributed by atoms with E-state index in [-0.39, 0.29) is 24.6 Å². The van der Waals surface area contributed by atoms with Gasteiger partial charge in [-0.3, -0.25) is 0 Å². The van der Waals surface area contributed by atoms with Gasteiger partial charge in [0.2, 0.25) is 5.95 Å². The lowest BCUT2D eigenvalue weighted by Gasteiger charge is -2.25. The number of halogens is 3. The molecule has 25 heavy (non-hydrogen) atoms. The Labute approximate surface area is 142 Å². The maximum atomic E-state index is 13.0. The number of aromatic nitrogens is 2. The zero-order valence-corrected chi connectivity index (χ0v) is 13.3. The van der Waals surface area contributed by atoms with Crippen molar-refractivity contribution < 1.29 is 18.3 Å². The minimum atomic E-state index is -4.44. The van der Waals surface area contributed by atoms with Crippen molar-refractivity contribution in [1.82, 2.24) is 9.97 Å². The molecule has 2 heterocycles. The Hall–Kier alpha value is -2.66. The summed E-state index contributed by atoms with van der Waals surface area (Å²) in [5.74, 6) is 0.232. The number of β-amino-alcohol motifs (C(OH)–C–C–N with tert-alkyl or cyclic N) is 1. The molecule has 1 aromatic carbocycles. The fourth-order valence-electron chi connectivity index (χ4n) is 3.01. The van der Waals surface area contributed by atoms with Crippen LogP contribution in [0.15, 0.2) is 30.3 Å². The minimum absolute atomic E-state index is 0.173. The number of alkyl halides is 3. The third-order valence-electron chi connectivity index (χ3n) is 4.09. The summed E-state index contributed by atoms with van der Waals surface area (Å²) < 4.78 is 38.9. The number of nitriles is 1. The van der Waals surface area contributed by atoms with Gasteiger partial charge in [-0.25, -0.2) is 9.97 Å². The van der Waals surface area contributed by atoms with Crippen LogP contribution in [0.1, 0.15) is 35.0 Å². The van der Waals surface area contributed by atoms with Gasteiger partial charge in [-0.1, -0.05) is 12.1 Å². The van der Waals surface area contributed by atoms with E-state index < -0.39 is 23.9 Å². The molecular formula is C17H15F3N4O. The lowest BCUT2D eigenvalue weighted by Crippen LogP contribution is -2.27. The van der Waals surface area contributed by atoms with Gasteiger partial charge in [0.1, 0.15) is 11.8 Å². The third kappa shape index (κ3) is 3.56. The predicted molar refractivity (Wildman–Crippen MR) is 83.6 cm³/mol. The molecule has 1 N–H and O–H groups in total. The summed E-state index contributed by atoms with van der Waals surface area (Å²) in [6.07, 6.45) is -4.89. The predicted octanol–water partition coefficient (Wildman–Crippen LogP) is 2.99. The quantitative estimate of drug-likeness (QED) is 0.903. The van der Waals surface area contributed by atoms with E-state index in [2.05, 4.69) is 9.97 Å². The standard InChI is InChI=1S/C17H15F3N4O/c1-10-5-13(8-21)23-16(22-10)24-9-14(25)7-15(24)11-3-2-4-12(6-11)17(18,19)20/h2-6,14-15,25H,7,9H2,1H3/t14-,15+/m0/s1. The molecule has 1 aliphatic heterocycles. The van der Waals surface area contributed by atoms with E-state index in [9.17, 15) is 18.3 Å². The van der Waals surface area contributed by atoms with Gasteiger partial charge in [-0.15, -0.1) is 0 Å². The van der Waals surface area contributed by atoms with Crippen molar-refractivity contribution in [2.24, 2.45) is 0 Å². The smallest absolute Gasteiger partial charge is 0.391 e. The number of benzene rings is 1. The first kappa shape index (κ1) is 17.2. The molecule has 0 bridgehead atoms. The summed E-state index contributed by atoms with van der Waals surface area (Å²) in [7, 11) is 0. The molecule has 1 aliphatic rings. The Morgan fingerprint density at radius 3 is 2.72 bits per heavy atom. The molecule has 1 saturated heterocycles. The Bertz CT molecular complexity index is 831. The van der Waals surface area contributed by atoms with Crippen LogP contribution in [-0.4, -0.2) is 27.7 Å². The summed E-state index contributed by atoms with van der Waals surface area (Å²) in [6.45, 7) is 1.90. The van der Waals surface area contributed by atoms with Crippen LogP contribution in [0.2, 0.25) is 0 Å². The van der Waals surface area contributed by atoms with E-state index in [0.29, 0.717) is 11.3 Å². The van der Waals surface area contributed by atoms with Gasteiger partial charge in [0.15, 0.2) is 0 Å². The second kappa shape index (κ2) is 6.33. The van der Waals surface area contributed by atoms with Crippen molar-refractivity contribution in [1.29, 1.82) is 5.26 Å². The molecule has 1 fully saturated rings. The van der Waals surface area contributed by atoms with E-state index in [4.69, 9.17) is 5.26 Å². The molecule has 0 amide bonds. The minimum Gasteiger partial charge on any atom is -0.391 e. The fraction of sp³-hybridized carbons (Fsp3) is 0.353. The van der Waals surface area contributed by atoms with Crippen molar-refractivity contribution in [3.8, 4) is 6.07 Å². The molecule has 3 rings (SSSR count). The van der Waals surface area contributed by atoms with Crippen LogP contribution >= 0.6 is 0 Å². The van der Waals surface area contributed by atoms with Crippen LogP contribution in [0.3, 0.4) is 0 Å². The average Bonchev–Trinajstić information content (AvgIpc) is 2.95. The second-order valence-corrected chi connectivity index (χ2v) is 5.99. The van der Waals surface area contributed by atoms with E-state index in [1.54, 1.807) is 17.9 Å². The highest BCUT2D eigenvalue weighted by Gasteiger charge is 2.36. The largest absolute Gasteiger partial charge is 0.416 e. The van der Waals surface area contributed by atoms with Crippen molar-refractivity contribution in [2.45, 2.75) is 31.7 Å².